The minimum absolute atomic E-state index is 0.0317. The number of ether oxygens (including phenoxy) is 1. The van der Waals surface area contributed by atoms with Crippen molar-refractivity contribution in [2.24, 2.45) is 0 Å². The van der Waals surface area contributed by atoms with Gasteiger partial charge in [-0.2, -0.15) is 0 Å². The van der Waals surface area contributed by atoms with E-state index in [0.717, 1.165) is 5.69 Å². The molecule has 0 aliphatic carbocycles. The molecule has 66 valence electrons. The summed E-state index contributed by atoms with van der Waals surface area (Å²) in [5.41, 5.74) is 0.977. The van der Waals surface area contributed by atoms with Gasteiger partial charge in [0.2, 0.25) is 5.88 Å². The molecule has 1 aromatic heterocycles. The fourth-order valence-electron chi connectivity index (χ4n) is 1.34. The third-order valence-electron chi connectivity index (χ3n) is 2.53. The highest BCUT2D eigenvalue weighted by Gasteiger charge is 2.32. The Bertz CT molecular complexity index is 330. The molecule has 2 heterocycles. The van der Waals surface area contributed by atoms with Crippen molar-refractivity contribution in [1.82, 2.24) is 4.98 Å². The van der Waals surface area contributed by atoms with E-state index in [2.05, 4.69) is 26.0 Å². The topological polar surface area (TPSA) is 34.2 Å². The van der Waals surface area contributed by atoms with Crippen LogP contribution >= 0.6 is 0 Å². The van der Waals surface area contributed by atoms with Crippen molar-refractivity contribution in [3.63, 3.8) is 0 Å². The molecule has 1 atom stereocenters. The van der Waals surface area contributed by atoms with Crippen molar-refractivity contribution in [3.05, 3.63) is 18.3 Å². The van der Waals surface area contributed by atoms with E-state index in [-0.39, 0.29) is 11.4 Å². The summed E-state index contributed by atoms with van der Waals surface area (Å²) < 4.78 is 5.67. The third kappa shape index (κ3) is 1.39. The summed E-state index contributed by atoms with van der Waals surface area (Å²) in [6.45, 7) is 2.05. The van der Waals surface area contributed by atoms with Crippen LogP contribution in [0.4, 0.5) is 5.69 Å². The lowest BCUT2D eigenvalue weighted by Crippen LogP contribution is -2.54. The van der Waals surface area contributed by atoms with Gasteiger partial charge in [-0.25, -0.2) is 4.98 Å². The first kappa shape index (κ1) is 8.48. The molecular formula is C8H12B2N2O. The monoisotopic (exact) mass is 174 g/mol. The summed E-state index contributed by atoms with van der Waals surface area (Å²) >= 11 is 0. The second-order valence-electron chi connectivity index (χ2n) is 3.96. The number of nitrogens with zero attached hydrogens (tertiary/aromatic N) is 1. The number of aromatic nitrogens is 1. The second kappa shape index (κ2) is 2.69. The highest BCUT2D eigenvalue weighted by Crippen LogP contribution is 2.30. The Labute approximate surface area is 79.7 Å². The molecule has 5 heteroatoms. The minimum atomic E-state index is -0.0317. The van der Waals surface area contributed by atoms with Gasteiger partial charge in [0.1, 0.15) is 21.8 Å². The van der Waals surface area contributed by atoms with Crippen molar-refractivity contribution in [1.29, 1.82) is 0 Å². The van der Waals surface area contributed by atoms with Crippen LogP contribution in [0.25, 0.3) is 0 Å². The van der Waals surface area contributed by atoms with Crippen LogP contribution in [0.15, 0.2) is 18.3 Å². The Hall–Kier alpha value is -1.12. The number of hydrogen-bond acceptors (Lipinski definition) is 3. The average molecular weight is 174 g/mol. The van der Waals surface area contributed by atoms with Gasteiger partial charge in [-0.3, -0.25) is 0 Å². The van der Waals surface area contributed by atoms with Gasteiger partial charge in [-0.05, 0) is 19.1 Å². The Morgan fingerprint density at radius 3 is 3.15 bits per heavy atom. The lowest BCUT2D eigenvalue weighted by Gasteiger charge is -2.39. The summed E-state index contributed by atoms with van der Waals surface area (Å²) in [7, 11) is 4.24. The molecule has 1 N–H and O–H groups in total. The van der Waals surface area contributed by atoms with Gasteiger partial charge in [0.15, 0.2) is 0 Å². The molecule has 0 saturated heterocycles. The number of pyridine rings is 1. The van der Waals surface area contributed by atoms with E-state index in [1.807, 2.05) is 19.1 Å². The molecule has 0 aromatic carbocycles. The maximum Gasteiger partial charge on any atom is 0.237 e. The zero-order valence-corrected chi connectivity index (χ0v) is 8.16. The summed E-state index contributed by atoms with van der Waals surface area (Å²) in [6, 6.07) is 3.89. The molecular weight excluding hydrogens is 162 g/mol. The fraction of sp³-hybridized carbons (Fsp3) is 0.375. The predicted molar refractivity (Wildman–Crippen MR) is 57.8 cm³/mol. The lowest BCUT2D eigenvalue weighted by atomic mass is 9.58. The lowest BCUT2D eigenvalue weighted by molar-refractivity contribution is 0.191. The molecule has 0 amide bonds. The van der Waals surface area contributed by atoms with Crippen molar-refractivity contribution in [3.8, 4) is 5.88 Å². The van der Waals surface area contributed by atoms with Crippen LogP contribution in [0.1, 0.15) is 6.92 Å². The van der Waals surface area contributed by atoms with Crippen LogP contribution in [0, 0.1) is 0 Å². The third-order valence-corrected chi connectivity index (χ3v) is 2.53. The van der Waals surface area contributed by atoms with E-state index in [4.69, 9.17) is 4.74 Å². The van der Waals surface area contributed by atoms with Crippen LogP contribution < -0.4 is 10.1 Å². The first-order valence-corrected chi connectivity index (χ1v) is 4.49. The molecule has 3 nitrogen and oxygen atoms in total. The van der Waals surface area contributed by atoms with E-state index in [0.29, 0.717) is 5.88 Å². The Kier molecular flexibility index (Phi) is 1.75. The Morgan fingerprint density at radius 2 is 2.38 bits per heavy atom. The van der Waals surface area contributed by atoms with Gasteiger partial charge < -0.3 is 10.1 Å². The van der Waals surface area contributed by atoms with E-state index in [9.17, 15) is 0 Å². The molecule has 0 spiro atoms. The molecule has 1 aliphatic rings. The first-order valence-electron chi connectivity index (χ1n) is 4.49. The van der Waals surface area contributed by atoms with Gasteiger partial charge in [-0.1, -0.05) is 0 Å². The molecule has 0 radical (unpaired) electrons. The van der Waals surface area contributed by atoms with E-state index < -0.39 is 0 Å². The number of hydrogen-bond donors (Lipinski definition) is 1. The van der Waals surface area contributed by atoms with Crippen LogP contribution in [-0.2, 0) is 0 Å². The summed E-state index contributed by atoms with van der Waals surface area (Å²) in [4.78, 5) is 4.15. The summed E-state index contributed by atoms with van der Waals surface area (Å²) in [5.74, 6) is 0.703. The van der Waals surface area contributed by atoms with Crippen molar-refractivity contribution in [2.45, 2.75) is 18.4 Å². The van der Waals surface area contributed by atoms with Crippen LogP contribution in [0.5, 0.6) is 5.88 Å². The molecule has 1 aliphatic heterocycles. The number of anilines is 1. The molecule has 1 aromatic rings. The Morgan fingerprint density at radius 1 is 1.62 bits per heavy atom. The average Bonchev–Trinajstić information content (AvgIpc) is 2.06. The molecule has 0 bridgehead atoms. The maximum atomic E-state index is 5.67. The van der Waals surface area contributed by atoms with Gasteiger partial charge in [0.25, 0.3) is 0 Å². The quantitative estimate of drug-likeness (QED) is 0.522. The maximum absolute atomic E-state index is 5.67. The standard InChI is InChI=1S/C8H12B2N2O/c1-5-8(9,10)12-6-3-2-4-11-7(6)13-5/h2-5,12H,9-10H2,1H3. The van der Waals surface area contributed by atoms with Gasteiger partial charge in [-0.15, -0.1) is 0 Å². The van der Waals surface area contributed by atoms with Crippen LogP contribution in [-0.4, -0.2) is 32.1 Å². The SMILES string of the molecule is BC1(B)Nc2cccnc2OC1C. The number of rotatable bonds is 0. The summed E-state index contributed by atoms with van der Waals surface area (Å²) in [5, 5.41) is 3.37. The van der Waals surface area contributed by atoms with Gasteiger partial charge in [0.05, 0.1) is 5.69 Å². The van der Waals surface area contributed by atoms with Gasteiger partial charge in [0, 0.05) is 11.5 Å². The van der Waals surface area contributed by atoms with Crippen molar-refractivity contribution >= 4 is 21.4 Å². The fourth-order valence-corrected chi connectivity index (χ4v) is 1.34. The van der Waals surface area contributed by atoms with E-state index >= 15 is 0 Å². The highest BCUT2D eigenvalue weighted by molar-refractivity contribution is 6.42. The molecule has 2 rings (SSSR count). The zero-order chi connectivity index (χ0) is 9.47. The second-order valence-corrected chi connectivity index (χ2v) is 3.96. The largest absolute Gasteiger partial charge is 0.472 e. The molecule has 13 heavy (non-hydrogen) atoms. The molecule has 0 saturated carbocycles. The van der Waals surface area contributed by atoms with Crippen molar-refractivity contribution in [2.75, 3.05) is 5.32 Å². The zero-order valence-electron chi connectivity index (χ0n) is 8.16. The number of fused-ring (bicyclic) bond motifs is 1. The van der Waals surface area contributed by atoms with Crippen molar-refractivity contribution < 1.29 is 4.74 Å². The predicted octanol–water partition coefficient (Wildman–Crippen LogP) is -0.806. The Balaban J connectivity index is 2.39. The normalized spacial score (nSPS) is 23.9. The molecule has 1 unspecified atom stereocenters. The van der Waals surface area contributed by atoms with Crippen LogP contribution in [0.2, 0.25) is 0 Å². The number of nitrogens with one attached hydrogen (secondary N) is 1. The highest BCUT2D eigenvalue weighted by atomic mass is 16.5. The van der Waals surface area contributed by atoms with E-state index in [1.54, 1.807) is 6.20 Å². The van der Waals surface area contributed by atoms with E-state index in [1.165, 1.54) is 0 Å². The molecule has 0 fully saturated rings. The van der Waals surface area contributed by atoms with Gasteiger partial charge >= 0.3 is 0 Å². The van der Waals surface area contributed by atoms with Crippen LogP contribution in [0.3, 0.4) is 0 Å². The summed E-state index contributed by atoms with van der Waals surface area (Å²) in [6.07, 6.45) is 1.88. The smallest absolute Gasteiger partial charge is 0.237 e. The minimum Gasteiger partial charge on any atom is -0.472 e. The first-order chi connectivity index (χ1) is 6.09.